The number of nitrogens with zero attached hydrogens (tertiary/aromatic N) is 2. The molecular formula is C32H28Cl3N3O4S. The molecule has 5 aromatic rings. The highest BCUT2D eigenvalue weighted by atomic mass is 35.5. The van der Waals surface area contributed by atoms with Crippen molar-refractivity contribution < 1.29 is 19.7 Å². The smallest absolute Gasteiger partial charge is 0.251 e. The van der Waals surface area contributed by atoms with Crippen LogP contribution in [0.3, 0.4) is 0 Å². The Morgan fingerprint density at radius 3 is 2.37 bits per heavy atom. The minimum Gasteiger partial charge on any atom is -0.494 e. The van der Waals surface area contributed by atoms with E-state index in [1.54, 1.807) is 74.5 Å². The van der Waals surface area contributed by atoms with E-state index in [1.807, 2.05) is 13.0 Å². The van der Waals surface area contributed by atoms with E-state index < -0.39 is 17.1 Å². The van der Waals surface area contributed by atoms with Crippen LogP contribution in [0.15, 0.2) is 66.7 Å². The second kappa shape index (κ2) is 12.0. The molecule has 5 rings (SSSR count). The molecule has 0 saturated carbocycles. The number of thiazole rings is 1. The summed E-state index contributed by atoms with van der Waals surface area (Å²) in [5.74, 6) is 0.0398. The van der Waals surface area contributed by atoms with Crippen molar-refractivity contribution in [3.63, 3.8) is 0 Å². The average Bonchev–Trinajstić information content (AvgIpc) is 3.36. The van der Waals surface area contributed by atoms with Crippen LogP contribution < -0.4 is 10.1 Å². The summed E-state index contributed by atoms with van der Waals surface area (Å²) in [6.45, 7) is 4.78. The number of fused-ring (bicyclic) bond motifs is 1. The van der Waals surface area contributed by atoms with Crippen molar-refractivity contribution >= 4 is 62.3 Å². The Morgan fingerprint density at radius 2 is 1.70 bits per heavy atom. The summed E-state index contributed by atoms with van der Waals surface area (Å²) in [5.41, 5.74) is -0.702. The number of aliphatic hydroxyl groups is 2. The van der Waals surface area contributed by atoms with Gasteiger partial charge in [0.1, 0.15) is 16.9 Å². The molecule has 0 spiro atoms. The number of rotatable bonds is 8. The van der Waals surface area contributed by atoms with E-state index in [1.165, 1.54) is 18.4 Å². The lowest BCUT2D eigenvalue weighted by Gasteiger charge is -2.31. The summed E-state index contributed by atoms with van der Waals surface area (Å²) in [6.07, 6.45) is 0. The van der Waals surface area contributed by atoms with Gasteiger partial charge in [-0.15, -0.1) is 11.3 Å². The van der Waals surface area contributed by atoms with Crippen LogP contribution in [0.1, 0.15) is 46.0 Å². The predicted octanol–water partition coefficient (Wildman–Crippen LogP) is 7.53. The third kappa shape index (κ3) is 6.09. The Labute approximate surface area is 268 Å². The number of methoxy groups -OCH3 is 1. The van der Waals surface area contributed by atoms with Gasteiger partial charge in [0, 0.05) is 16.7 Å². The molecule has 3 N–H and O–H groups in total. The van der Waals surface area contributed by atoms with Crippen LogP contribution >= 0.6 is 46.1 Å². The Hall–Kier alpha value is -3.24. The quantitative estimate of drug-likeness (QED) is 0.160. The van der Waals surface area contributed by atoms with E-state index >= 15 is 0 Å². The number of ether oxygens (including phenoxy) is 1. The number of aromatic nitrogens is 2. The highest BCUT2D eigenvalue weighted by Gasteiger charge is 2.37. The lowest BCUT2D eigenvalue weighted by Crippen LogP contribution is -2.42. The van der Waals surface area contributed by atoms with Crippen LogP contribution in [0.4, 0.5) is 0 Å². The molecule has 0 fully saturated rings. The Kier molecular flexibility index (Phi) is 8.73. The van der Waals surface area contributed by atoms with Crippen molar-refractivity contribution in [1.82, 2.24) is 15.3 Å². The van der Waals surface area contributed by atoms with Gasteiger partial charge >= 0.3 is 0 Å². The normalized spacial score (nSPS) is 13.1. The minimum atomic E-state index is -1.85. The first-order valence-corrected chi connectivity index (χ1v) is 15.2. The SMILES string of the molecule is COc1cc(C(=O)NC[C@@](O)(c2ccccc2)c2cc(C(C)(C)O)c(Cl)c(-c3cccc(Cl)c3Cl)n2)cc2sc(C)nc12. The fourth-order valence-corrected chi connectivity index (χ4v) is 6.52. The lowest BCUT2D eigenvalue weighted by atomic mass is 9.86. The number of nitrogens with one attached hydrogen (secondary N) is 1. The summed E-state index contributed by atoms with van der Waals surface area (Å²) in [7, 11) is 1.52. The van der Waals surface area contributed by atoms with Gasteiger partial charge in [-0.25, -0.2) is 9.97 Å². The number of carbonyl (C=O) groups is 1. The van der Waals surface area contributed by atoms with Crippen LogP contribution in [-0.2, 0) is 11.2 Å². The fraction of sp³-hybridized carbons (Fsp3) is 0.219. The zero-order chi connectivity index (χ0) is 31.1. The number of amides is 1. The lowest BCUT2D eigenvalue weighted by molar-refractivity contribution is 0.0639. The highest BCUT2D eigenvalue weighted by Crippen LogP contribution is 2.42. The van der Waals surface area contributed by atoms with Gasteiger partial charge in [0.15, 0.2) is 0 Å². The molecule has 1 atom stereocenters. The van der Waals surface area contributed by atoms with Crippen LogP contribution in [0.25, 0.3) is 21.5 Å². The van der Waals surface area contributed by atoms with Gasteiger partial charge in [0.2, 0.25) is 0 Å². The van der Waals surface area contributed by atoms with Crippen LogP contribution in [-0.4, -0.2) is 39.7 Å². The maximum absolute atomic E-state index is 13.5. The predicted molar refractivity (Wildman–Crippen MR) is 173 cm³/mol. The number of aryl methyl sites for hydroxylation is 1. The maximum atomic E-state index is 13.5. The second-order valence-corrected chi connectivity index (χ2v) is 12.9. The first-order valence-electron chi connectivity index (χ1n) is 13.2. The first kappa shape index (κ1) is 31.2. The molecule has 0 aliphatic carbocycles. The number of halogens is 3. The van der Waals surface area contributed by atoms with Crippen molar-refractivity contribution in [2.45, 2.75) is 32.0 Å². The summed E-state index contributed by atoms with van der Waals surface area (Å²) >= 11 is 21.1. The number of hydrogen-bond donors (Lipinski definition) is 3. The molecule has 0 bridgehead atoms. The summed E-state index contributed by atoms with van der Waals surface area (Å²) in [4.78, 5) is 22.8. The Morgan fingerprint density at radius 1 is 0.977 bits per heavy atom. The van der Waals surface area contributed by atoms with Crippen molar-refractivity contribution in [2.24, 2.45) is 0 Å². The largest absolute Gasteiger partial charge is 0.494 e. The van der Waals surface area contributed by atoms with Gasteiger partial charge in [0.25, 0.3) is 5.91 Å². The molecule has 0 unspecified atom stereocenters. The topological polar surface area (TPSA) is 105 Å². The third-order valence-corrected chi connectivity index (χ3v) is 9.17. The van der Waals surface area contributed by atoms with E-state index in [4.69, 9.17) is 44.5 Å². The van der Waals surface area contributed by atoms with Gasteiger partial charge in [-0.1, -0.05) is 77.3 Å². The van der Waals surface area contributed by atoms with Crippen molar-refractivity contribution in [3.05, 3.63) is 109 Å². The molecule has 7 nitrogen and oxygen atoms in total. The Bertz CT molecular complexity index is 1840. The summed E-state index contributed by atoms with van der Waals surface area (Å²) in [6, 6.07) is 18.8. The molecule has 0 saturated heterocycles. The summed E-state index contributed by atoms with van der Waals surface area (Å²) < 4.78 is 6.30. The first-order chi connectivity index (χ1) is 20.3. The summed E-state index contributed by atoms with van der Waals surface area (Å²) in [5, 5.41) is 27.9. The molecule has 2 heterocycles. The average molecular weight is 657 g/mol. The van der Waals surface area contributed by atoms with E-state index in [9.17, 15) is 15.0 Å². The third-order valence-electron chi connectivity index (χ3n) is 7.05. The number of benzene rings is 3. The highest BCUT2D eigenvalue weighted by molar-refractivity contribution is 7.18. The number of carbonyl (C=O) groups excluding carboxylic acids is 1. The zero-order valence-corrected chi connectivity index (χ0v) is 26.8. The second-order valence-electron chi connectivity index (χ2n) is 10.5. The van der Waals surface area contributed by atoms with Gasteiger partial charge in [0.05, 0.1) is 55.4 Å². The molecule has 3 aromatic carbocycles. The van der Waals surface area contributed by atoms with E-state index in [-0.39, 0.29) is 28.0 Å². The molecule has 1 amide bonds. The van der Waals surface area contributed by atoms with Crippen molar-refractivity contribution in [1.29, 1.82) is 0 Å². The van der Waals surface area contributed by atoms with Gasteiger partial charge in [-0.3, -0.25) is 4.79 Å². The zero-order valence-electron chi connectivity index (χ0n) is 23.7. The monoisotopic (exact) mass is 655 g/mol. The molecule has 0 aliphatic heterocycles. The van der Waals surface area contributed by atoms with E-state index in [0.717, 1.165) is 9.71 Å². The Balaban J connectivity index is 1.63. The van der Waals surface area contributed by atoms with Gasteiger partial charge in [-0.05, 0) is 50.6 Å². The van der Waals surface area contributed by atoms with Gasteiger partial charge in [-0.2, -0.15) is 0 Å². The van der Waals surface area contributed by atoms with E-state index in [2.05, 4.69) is 10.3 Å². The van der Waals surface area contributed by atoms with Crippen LogP contribution in [0.5, 0.6) is 5.75 Å². The van der Waals surface area contributed by atoms with Crippen LogP contribution in [0.2, 0.25) is 15.1 Å². The molecule has 11 heteroatoms. The van der Waals surface area contributed by atoms with Gasteiger partial charge < -0.3 is 20.3 Å². The fourth-order valence-electron chi connectivity index (χ4n) is 4.81. The maximum Gasteiger partial charge on any atom is 0.251 e. The van der Waals surface area contributed by atoms with Crippen LogP contribution in [0, 0.1) is 6.92 Å². The minimum absolute atomic E-state index is 0.137. The van der Waals surface area contributed by atoms with Crippen molar-refractivity contribution in [3.8, 4) is 17.0 Å². The molecule has 2 aromatic heterocycles. The molecular weight excluding hydrogens is 629 g/mol. The molecule has 0 radical (unpaired) electrons. The molecule has 222 valence electrons. The number of hydrogen-bond acceptors (Lipinski definition) is 7. The molecule has 43 heavy (non-hydrogen) atoms. The van der Waals surface area contributed by atoms with E-state index in [0.29, 0.717) is 38.5 Å². The number of pyridine rings is 1. The standard InChI is InChI=1S/C32H28Cl3N3O4S/c1-17-37-29-23(42-4)13-18(14-24(29)43-17)30(39)36-16-32(41,19-9-6-5-7-10-19)25-15-21(31(2,3)40)27(35)28(38-25)20-11-8-12-22(33)26(20)34/h5-15,40-41H,16H2,1-4H3,(H,36,39)/t32-/m1/s1. The van der Waals surface area contributed by atoms with Crippen molar-refractivity contribution in [2.75, 3.05) is 13.7 Å². The molecule has 0 aliphatic rings.